The molecule has 0 spiro atoms. The SMILES string of the molecule is CCOc1ccccc1CCCNc1nc(C)nc2onc(C)c12. The summed E-state index contributed by atoms with van der Waals surface area (Å²) in [6.07, 6.45) is 1.91. The lowest BCUT2D eigenvalue weighted by atomic mass is 10.1. The first-order chi connectivity index (χ1) is 11.7. The lowest BCUT2D eigenvalue weighted by molar-refractivity contribution is 0.336. The second kappa shape index (κ2) is 7.29. The molecule has 0 aliphatic heterocycles. The number of rotatable bonds is 7. The molecule has 0 saturated heterocycles. The van der Waals surface area contributed by atoms with Gasteiger partial charge < -0.3 is 14.6 Å². The lowest BCUT2D eigenvalue weighted by Crippen LogP contribution is -2.07. The van der Waals surface area contributed by atoms with E-state index < -0.39 is 0 Å². The Balaban J connectivity index is 1.64. The number of ether oxygens (including phenoxy) is 1. The average molecular weight is 326 g/mol. The minimum Gasteiger partial charge on any atom is -0.494 e. The van der Waals surface area contributed by atoms with Gasteiger partial charge in [-0.05, 0) is 45.2 Å². The van der Waals surface area contributed by atoms with E-state index in [1.165, 1.54) is 5.56 Å². The van der Waals surface area contributed by atoms with Crippen molar-refractivity contribution in [3.05, 3.63) is 41.3 Å². The van der Waals surface area contributed by atoms with Crippen LogP contribution in [0.3, 0.4) is 0 Å². The van der Waals surface area contributed by atoms with E-state index in [1.54, 1.807) is 0 Å². The third kappa shape index (κ3) is 3.48. The van der Waals surface area contributed by atoms with Crippen molar-refractivity contribution in [3.63, 3.8) is 0 Å². The molecule has 6 heteroatoms. The van der Waals surface area contributed by atoms with Crippen LogP contribution in [0.4, 0.5) is 5.82 Å². The summed E-state index contributed by atoms with van der Waals surface area (Å²) in [7, 11) is 0. The van der Waals surface area contributed by atoms with Crippen LogP contribution in [0.1, 0.15) is 30.4 Å². The summed E-state index contributed by atoms with van der Waals surface area (Å²) < 4.78 is 10.9. The molecular weight excluding hydrogens is 304 g/mol. The maximum atomic E-state index is 5.67. The van der Waals surface area contributed by atoms with Crippen LogP contribution in [0.15, 0.2) is 28.8 Å². The Morgan fingerprint density at radius 1 is 1.17 bits per heavy atom. The van der Waals surface area contributed by atoms with Gasteiger partial charge in [0.2, 0.25) is 0 Å². The van der Waals surface area contributed by atoms with E-state index in [0.29, 0.717) is 18.1 Å². The van der Waals surface area contributed by atoms with Crippen molar-refractivity contribution in [3.8, 4) is 5.75 Å². The molecule has 2 heterocycles. The predicted octanol–water partition coefficient (Wildman–Crippen LogP) is 3.68. The number of aryl methyl sites for hydroxylation is 3. The highest BCUT2D eigenvalue weighted by Gasteiger charge is 2.13. The predicted molar refractivity (Wildman–Crippen MR) is 93.5 cm³/mol. The molecular formula is C18H22N4O2. The van der Waals surface area contributed by atoms with E-state index in [4.69, 9.17) is 9.26 Å². The number of benzene rings is 1. The fourth-order valence-electron chi connectivity index (χ4n) is 2.72. The van der Waals surface area contributed by atoms with Gasteiger partial charge in [0, 0.05) is 6.54 Å². The van der Waals surface area contributed by atoms with Crippen LogP contribution >= 0.6 is 0 Å². The Labute approximate surface area is 141 Å². The summed E-state index contributed by atoms with van der Waals surface area (Å²) in [5.41, 5.74) is 2.56. The quantitative estimate of drug-likeness (QED) is 0.668. The summed E-state index contributed by atoms with van der Waals surface area (Å²) in [5, 5.41) is 8.21. The van der Waals surface area contributed by atoms with Crippen molar-refractivity contribution >= 4 is 16.9 Å². The first-order valence-electron chi connectivity index (χ1n) is 8.24. The molecule has 0 aliphatic rings. The van der Waals surface area contributed by atoms with Crippen molar-refractivity contribution in [1.29, 1.82) is 0 Å². The molecule has 0 atom stereocenters. The first-order valence-corrected chi connectivity index (χ1v) is 8.24. The van der Waals surface area contributed by atoms with Gasteiger partial charge in [-0.15, -0.1) is 0 Å². The van der Waals surface area contributed by atoms with E-state index in [9.17, 15) is 0 Å². The van der Waals surface area contributed by atoms with Crippen LogP contribution in [0.5, 0.6) is 5.75 Å². The number of nitrogens with zero attached hydrogens (tertiary/aromatic N) is 3. The summed E-state index contributed by atoms with van der Waals surface area (Å²) >= 11 is 0. The topological polar surface area (TPSA) is 73.1 Å². The van der Waals surface area contributed by atoms with Gasteiger partial charge in [0.25, 0.3) is 5.71 Å². The molecule has 0 fully saturated rings. The number of fused-ring (bicyclic) bond motifs is 1. The van der Waals surface area contributed by atoms with Gasteiger partial charge in [-0.3, -0.25) is 0 Å². The van der Waals surface area contributed by atoms with Crippen LogP contribution in [0, 0.1) is 13.8 Å². The lowest BCUT2D eigenvalue weighted by Gasteiger charge is -2.11. The van der Waals surface area contributed by atoms with Gasteiger partial charge in [0.1, 0.15) is 22.8 Å². The number of aromatic nitrogens is 3. The zero-order valence-corrected chi connectivity index (χ0v) is 14.3. The van der Waals surface area contributed by atoms with E-state index in [2.05, 4.69) is 26.5 Å². The number of nitrogens with one attached hydrogen (secondary N) is 1. The molecule has 0 amide bonds. The molecule has 0 unspecified atom stereocenters. The molecule has 0 saturated carbocycles. The molecule has 3 rings (SSSR count). The number of anilines is 1. The minimum absolute atomic E-state index is 0.532. The molecule has 0 radical (unpaired) electrons. The summed E-state index contributed by atoms with van der Waals surface area (Å²) in [4.78, 5) is 8.75. The Hall–Kier alpha value is -2.63. The molecule has 6 nitrogen and oxygen atoms in total. The molecule has 126 valence electrons. The first kappa shape index (κ1) is 16.2. The Bertz CT molecular complexity index is 829. The summed E-state index contributed by atoms with van der Waals surface area (Å²) in [6, 6.07) is 8.18. The van der Waals surface area contributed by atoms with Crippen LogP contribution in [0.25, 0.3) is 11.1 Å². The fourth-order valence-corrected chi connectivity index (χ4v) is 2.72. The summed E-state index contributed by atoms with van der Waals surface area (Å²) in [5.74, 6) is 2.42. The van der Waals surface area contributed by atoms with E-state index in [1.807, 2.05) is 39.0 Å². The van der Waals surface area contributed by atoms with Crippen LogP contribution < -0.4 is 10.1 Å². The zero-order chi connectivity index (χ0) is 16.9. The number of hydrogen-bond donors (Lipinski definition) is 1. The average Bonchev–Trinajstić information content (AvgIpc) is 2.94. The van der Waals surface area contributed by atoms with Gasteiger partial charge in [0.15, 0.2) is 0 Å². The van der Waals surface area contributed by atoms with Gasteiger partial charge >= 0.3 is 0 Å². The van der Waals surface area contributed by atoms with Crippen molar-refractivity contribution < 1.29 is 9.26 Å². The van der Waals surface area contributed by atoms with Gasteiger partial charge in [0.05, 0.1) is 12.3 Å². The molecule has 0 aliphatic carbocycles. The Kier molecular flexibility index (Phi) is 4.93. The second-order valence-corrected chi connectivity index (χ2v) is 5.64. The van der Waals surface area contributed by atoms with Crippen molar-refractivity contribution in [2.75, 3.05) is 18.5 Å². The maximum Gasteiger partial charge on any atom is 0.263 e. The third-order valence-electron chi connectivity index (χ3n) is 3.81. The molecule has 1 N–H and O–H groups in total. The second-order valence-electron chi connectivity index (χ2n) is 5.64. The van der Waals surface area contributed by atoms with Crippen LogP contribution in [-0.4, -0.2) is 28.3 Å². The van der Waals surface area contributed by atoms with Crippen molar-refractivity contribution in [1.82, 2.24) is 15.1 Å². The monoisotopic (exact) mass is 326 g/mol. The maximum absolute atomic E-state index is 5.67. The van der Waals surface area contributed by atoms with Gasteiger partial charge in [-0.1, -0.05) is 23.4 Å². The standard InChI is InChI=1S/C18H22N4O2/c1-4-23-15-10-6-5-8-14(15)9-7-11-19-17-16-12(2)22-24-18(16)21-13(3)20-17/h5-6,8,10H,4,7,9,11H2,1-3H3,(H,19,20,21). The third-order valence-corrected chi connectivity index (χ3v) is 3.81. The highest BCUT2D eigenvalue weighted by molar-refractivity contribution is 5.87. The zero-order valence-electron chi connectivity index (χ0n) is 14.3. The molecule has 0 bridgehead atoms. The Morgan fingerprint density at radius 2 is 2.00 bits per heavy atom. The van der Waals surface area contributed by atoms with Crippen LogP contribution in [-0.2, 0) is 6.42 Å². The summed E-state index contributed by atoms with van der Waals surface area (Å²) in [6.45, 7) is 7.23. The molecule has 1 aromatic carbocycles. The number of hydrogen-bond acceptors (Lipinski definition) is 6. The van der Waals surface area contributed by atoms with Crippen molar-refractivity contribution in [2.45, 2.75) is 33.6 Å². The molecule has 3 aromatic rings. The number of para-hydroxylation sites is 1. The van der Waals surface area contributed by atoms with E-state index in [-0.39, 0.29) is 0 Å². The van der Waals surface area contributed by atoms with E-state index in [0.717, 1.165) is 42.0 Å². The fraction of sp³-hybridized carbons (Fsp3) is 0.389. The van der Waals surface area contributed by atoms with Gasteiger partial charge in [-0.25, -0.2) is 4.98 Å². The molecule has 24 heavy (non-hydrogen) atoms. The Morgan fingerprint density at radius 3 is 2.83 bits per heavy atom. The van der Waals surface area contributed by atoms with Crippen LogP contribution in [0.2, 0.25) is 0 Å². The highest BCUT2D eigenvalue weighted by Crippen LogP contribution is 2.24. The smallest absolute Gasteiger partial charge is 0.263 e. The van der Waals surface area contributed by atoms with E-state index >= 15 is 0 Å². The molecule has 2 aromatic heterocycles. The highest BCUT2D eigenvalue weighted by atomic mass is 16.5. The largest absolute Gasteiger partial charge is 0.494 e. The van der Waals surface area contributed by atoms with Gasteiger partial charge in [-0.2, -0.15) is 4.98 Å². The van der Waals surface area contributed by atoms with Crippen molar-refractivity contribution in [2.24, 2.45) is 0 Å². The normalized spacial score (nSPS) is 11.0. The minimum atomic E-state index is 0.532.